The summed E-state index contributed by atoms with van der Waals surface area (Å²) in [5.74, 6) is 1.13. The predicted octanol–water partition coefficient (Wildman–Crippen LogP) is -0.169. The number of hydrogen-bond donors (Lipinski definition) is 2. The minimum absolute atomic E-state index is 0.0588. The minimum atomic E-state index is -1.12. The summed E-state index contributed by atoms with van der Waals surface area (Å²) in [6.45, 7) is 1.86. The van der Waals surface area contributed by atoms with Gasteiger partial charge in [0.2, 0.25) is 0 Å². The third kappa shape index (κ3) is 5.78. The van der Waals surface area contributed by atoms with Crippen molar-refractivity contribution in [2.24, 2.45) is 0 Å². The highest BCUT2D eigenvalue weighted by Gasteiger charge is 2.21. The Bertz CT molecular complexity index is 292. The van der Waals surface area contributed by atoms with Crippen LogP contribution in [-0.2, 0) is 4.79 Å². The molecule has 0 spiro atoms. The van der Waals surface area contributed by atoms with Gasteiger partial charge in [-0.05, 0) is 6.42 Å². The molecule has 0 heterocycles. The van der Waals surface area contributed by atoms with Crippen molar-refractivity contribution in [1.82, 2.24) is 9.80 Å². The number of aliphatic hydroxyl groups is 1. The van der Waals surface area contributed by atoms with Crippen molar-refractivity contribution in [2.45, 2.75) is 13.3 Å². The van der Waals surface area contributed by atoms with Crippen LogP contribution >= 0.6 is 0 Å². The Hall–Kier alpha value is -1.74. The zero-order valence-corrected chi connectivity index (χ0v) is 9.93. The van der Waals surface area contributed by atoms with Crippen LogP contribution < -0.4 is 0 Å². The molecule has 6 nitrogen and oxygen atoms in total. The van der Waals surface area contributed by atoms with Crippen LogP contribution in [0.1, 0.15) is 13.3 Å². The maximum atomic E-state index is 11.9. The molecule has 0 saturated carbocycles. The number of carbonyl (C=O) groups excluding carboxylic acids is 1. The number of aliphatic carboxylic acids is 1. The first-order valence-electron chi connectivity index (χ1n) is 5.36. The van der Waals surface area contributed by atoms with Crippen LogP contribution in [0.3, 0.4) is 0 Å². The first-order chi connectivity index (χ1) is 8.06. The fourth-order valence-corrected chi connectivity index (χ4v) is 1.36. The van der Waals surface area contributed by atoms with E-state index in [1.807, 2.05) is 6.92 Å². The molecule has 96 valence electrons. The van der Waals surface area contributed by atoms with Gasteiger partial charge in [-0.15, -0.1) is 6.42 Å². The van der Waals surface area contributed by atoms with Crippen molar-refractivity contribution in [3.05, 3.63) is 0 Å². The maximum Gasteiger partial charge on any atom is 0.323 e. The first-order valence-corrected chi connectivity index (χ1v) is 5.36. The second kappa shape index (κ2) is 8.42. The maximum absolute atomic E-state index is 11.9. The van der Waals surface area contributed by atoms with E-state index in [0.29, 0.717) is 6.54 Å². The van der Waals surface area contributed by atoms with Crippen LogP contribution in [-0.4, -0.2) is 64.8 Å². The minimum Gasteiger partial charge on any atom is -0.480 e. The number of rotatable bonds is 7. The number of terminal acetylenes is 1. The van der Waals surface area contributed by atoms with Crippen molar-refractivity contribution in [3.8, 4) is 12.3 Å². The Morgan fingerprint density at radius 1 is 1.29 bits per heavy atom. The van der Waals surface area contributed by atoms with Gasteiger partial charge in [0.1, 0.15) is 6.54 Å². The molecule has 0 aromatic rings. The Balaban J connectivity index is 4.64. The van der Waals surface area contributed by atoms with E-state index in [1.54, 1.807) is 0 Å². The summed E-state index contributed by atoms with van der Waals surface area (Å²) in [4.78, 5) is 25.0. The molecule has 0 fully saturated rings. The van der Waals surface area contributed by atoms with Crippen LogP contribution in [0.25, 0.3) is 0 Å². The van der Waals surface area contributed by atoms with Gasteiger partial charge in [0.15, 0.2) is 0 Å². The monoisotopic (exact) mass is 242 g/mol. The van der Waals surface area contributed by atoms with Gasteiger partial charge in [0.25, 0.3) is 0 Å². The van der Waals surface area contributed by atoms with Crippen molar-refractivity contribution in [2.75, 3.05) is 32.8 Å². The molecule has 0 aliphatic heterocycles. The third-order valence-corrected chi connectivity index (χ3v) is 2.01. The van der Waals surface area contributed by atoms with Crippen LogP contribution in [0, 0.1) is 12.3 Å². The largest absolute Gasteiger partial charge is 0.480 e. The highest BCUT2D eigenvalue weighted by molar-refractivity contribution is 5.80. The summed E-state index contributed by atoms with van der Waals surface area (Å²) in [5, 5.41) is 17.5. The van der Waals surface area contributed by atoms with Gasteiger partial charge < -0.3 is 20.0 Å². The first kappa shape index (κ1) is 15.3. The lowest BCUT2D eigenvalue weighted by atomic mass is 10.4. The summed E-state index contributed by atoms with van der Waals surface area (Å²) in [6.07, 6.45) is 5.81. The van der Waals surface area contributed by atoms with Gasteiger partial charge in [0.05, 0.1) is 13.2 Å². The fraction of sp³-hybridized carbons (Fsp3) is 0.636. The quantitative estimate of drug-likeness (QED) is 0.607. The number of urea groups is 1. The number of aliphatic hydroxyl groups excluding tert-OH is 1. The number of carboxylic acid groups (broad SMARTS) is 1. The van der Waals surface area contributed by atoms with Crippen molar-refractivity contribution < 1.29 is 19.8 Å². The number of hydrogen-bond acceptors (Lipinski definition) is 3. The highest BCUT2D eigenvalue weighted by Crippen LogP contribution is 2.00. The number of carboxylic acids is 1. The Kier molecular flexibility index (Phi) is 7.55. The van der Waals surface area contributed by atoms with Gasteiger partial charge in [-0.3, -0.25) is 4.79 Å². The van der Waals surface area contributed by atoms with E-state index in [-0.39, 0.29) is 19.7 Å². The average molecular weight is 242 g/mol. The van der Waals surface area contributed by atoms with E-state index < -0.39 is 18.5 Å². The van der Waals surface area contributed by atoms with E-state index >= 15 is 0 Å². The smallest absolute Gasteiger partial charge is 0.323 e. The van der Waals surface area contributed by atoms with E-state index in [9.17, 15) is 9.59 Å². The molecule has 0 radical (unpaired) electrons. The number of nitrogens with zero attached hydrogens (tertiary/aromatic N) is 2. The molecule has 0 atom stereocenters. The molecule has 2 N–H and O–H groups in total. The topological polar surface area (TPSA) is 81.1 Å². The van der Waals surface area contributed by atoms with Crippen LogP contribution in [0.15, 0.2) is 0 Å². The number of amides is 2. The summed E-state index contributed by atoms with van der Waals surface area (Å²) in [7, 11) is 0. The normalized spacial score (nSPS) is 9.47. The van der Waals surface area contributed by atoms with Crippen molar-refractivity contribution >= 4 is 12.0 Å². The Morgan fingerprint density at radius 2 is 1.94 bits per heavy atom. The summed E-state index contributed by atoms with van der Waals surface area (Å²) in [5.41, 5.74) is 0. The van der Waals surface area contributed by atoms with Gasteiger partial charge in [-0.2, -0.15) is 0 Å². The van der Waals surface area contributed by atoms with Crippen LogP contribution in [0.5, 0.6) is 0 Å². The SMILES string of the molecule is C#CCN(CC(=O)O)C(=O)N(CCC)CCO. The molecule has 17 heavy (non-hydrogen) atoms. The van der Waals surface area contributed by atoms with E-state index in [4.69, 9.17) is 16.6 Å². The molecule has 6 heteroatoms. The predicted molar refractivity (Wildman–Crippen MR) is 62.4 cm³/mol. The summed E-state index contributed by atoms with van der Waals surface area (Å²) < 4.78 is 0. The van der Waals surface area contributed by atoms with Gasteiger partial charge in [-0.25, -0.2) is 4.79 Å². The van der Waals surface area contributed by atoms with E-state index in [2.05, 4.69) is 5.92 Å². The fourth-order valence-electron chi connectivity index (χ4n) is 1.36. The molecule has 0 rings (SSSR count). The van der Waals surface area contributed by atoms with E-state index in [0.717, 1.165) is 11.3 Å². The molecule has 0 aromatic carbocycles. The van der Waals surface area contributed by atoms with Gasteiger partial charge in [0, 0.05) is 13.1 Å². The molecular weight excluding hydrogens is 224 g/mol. The van der Waals surface area contributed by atoms with Gasteiger partial charge in [-0.1, -0.05) is 12.8 Å². The Labute approximate surface area is 101 Å². The third-order valence-electron chi connectivity index (χ3n) is 2.01. The van der Waals surface area contributed by atoms with Crippen molar-refractivity contribution in [1.29, 1.82) is 0 Å². The molecule has 0 saturated heterocycles. The molecule has 2 amide bonds. The molecule has 0 bridgehead atoms. The lowest BCUT2D eigenvalue weighted by Gasteiger charge is -2.27. The Morgan fingerprint density at radius 3 is 2.35 bits per heavy atom. The highest BCUT2D eigenvalue weighted by atomic mass is 16.4. The van der Waals surface area contributed by atoms with Crippen molar-refractivity contribution in [3.63, 3.8) is 0 Å². The lowest BCUT2D eigenvalue weighted by Crippen LogP contribution is -2.46. The van der Waals surface area contributed by atoms with Gasteiger partial charge >= 0.3 is 12.0 Å². The summed E-state index contributed by atoms with van der Waals surface area (Å²) in [6, 6.07) is -0.457. The summed E-state index contributed by atoms with van der Waals surface area (Å²) >= 11 is 0. The molecule has 0 unspecified atom stereocenters. The zero-order valence-electron chi connectivity index (χ0n) is 9.93. The molecular formula is C11H18N2O4. The zero-order chi connectivity index (χ0) is 13.3. The molecule has 0 aliphatic carbocycles. The lowest BCUT2D eigenvalue weighted by molar-refractivity contribution is -0.137. The van der Waals surface area contributed by atoms with Crippen LogP contribution in [0.4, 0.5) is 4.79 Å². The van der Waals surface area contributed by atoms with E-state index in [1.165, 1.54) is 4.90 Å². The second-order valence-electron chi connectivity index (χ2n) is 3.45. The standard InChI is InChI=1S/C11H18N2O4/c1-3-5-12(7-8-14)11(17)13(6-4-2)9-10(15)16/h2,14H,3,5-9H2,1H3,(H,15,16). The molecule has 0 aromatic heterocycles. The second-order valence-corrected chi connectivity index (χ2v) is 3.45. The molecule has 0 aliphatic rings. The number of carbonyl (C=O) groups is 2. The average Bonchev–Trinajstić information content (AvgIpc) is 2.27. The van der Waals surface area contributed by atoms with Crippen LogP contribution in [0.2, 0.25) is 0 Å².